The Labute approximate surface area is 71.9 Å². The predicted octanol–water partition coefficient (Wildman–Crippen LogP) is 0.191. The Morgan fingerprint density at radius 3 is 2.55 bits per heavy atom. The van der Waals surface area contributed by atoms with Gasteiger partial charge in [-0.2, -0.15) is 0 Å². The monoisotopic (exact) mass is 177 g/mol. The minimum absolute atomic E-state index is 0. The molecule has 0 aromatic heterocycles. The standard InChI is InChI=1S/C7H11NO2.ClH/c1-10-6(9)5-2-7(5)3-8-4-7;/h5,8H,2-4H2,1H3;1H. The van der Waals surface area contributed by atoms with E-state index in [1.54, 1.807) is 0 Å². The summed E-state index contributed by atoms with van der Waals surface area (Å²) >= 11 is 0. The van der Waals surface area contributed by atoms with Gasteiger partial charge in [0.2, 0.25) is 0 Å². The molecule has 1 atom stereocenters. The van der Waals surface area contributed by atoms with Crippen LogP contribution in [0.15, 0.2) is 0 Å². The summed E-state index contributed by atoms with van der Waals surface area (Å²) in [4.78, 5) is 10.9. The largest absolute Gasteiger partial charge is 0.469 e. The van der Waals surface area contributed by atoms with Crippen LogP contribution < -0.4 is 5.32 Å². The molecule has 1 aliphatic heterocycles. The fourth-order valence-corrected chi connectivity index (χ4v) is 1.66. The SMILES string of the molecule is COC(=O)C1CC12CNC2.Cl. The van der Waals surface area contributed by atoms with Crippen molar-refractivity contribution in [2.45, 2.75) is 6.42 Å². The van der Waals surface area contributed by atoms with Gasteiger partial charge in [-0.05, 0) is 6.42 Å². The molecule has 0 aromatic rings. The number of hydrogen-bond donors (Lipinski definition) is 1. The third-order valence-electron chi connectivity index (χ3n) is 2.63. The van der Waals surface area contributed by atoms with Crippen molar-refractivity contribution in [2.75, 3.05) is 20.2 Å². The molecule has 1 saturated carbocycles. The fraction of sp³-hybridized carbons (Fsp3) is 0.857. The van der Waals surface area contributed by atoms with E-state index in [4.69, 9.17) is 0 Å². The summed E-state index contributed by atoms with van der Waals surface area (Å²) in [6.07, 6.45) is 1.03. The third-order valence-corrected chi connectivity index (χ3v) is 2.63. The number of methoxy groups -OCH3 is 1. The molecule has 64 valence electrons. The molecular weight excluding hydrogens is 166 g/mol. The highest BCUT2D eigenvalue weighted by Crippen LogP contribution is 2.55. The van der Waals surface area contributed by atoms with Gasteiger partial charge in [-0.1, -0.05) is 0 Å². The van der Waals surface area contributed by atoms with Crippen molar-refractivity contribution in [2.24, 2.45) is 11.3 Å². The van der Waals surface area contributed by atoms with Crippen LogP contribution in [-0.4, -0.2) is 26.2 Å². The Hall–Kier alpha value is -0.280. The molecular formula is C7H12ClNO2. The number of carbonyl (C=O) groups excluding carboxylic acids is 1. The Morgan fingerprint density at radius 2 is 2.27 bits per heavy atom. The normalized spacial score (nSPS) is 30.1. The molecule has 1 spiro atoms. The zero-order valence-electron chi connectivity index (χ0n) is 6.42. The predicted molar refractivity (Wildman–Crippen MR) is 42.7 cm³/mol. The van der Waals surface area contributed by atoms with Crippen molar-refractivity contribution in [1.82, 2.24) is 5.32 Å². The molecule has 1 N–H and O–H groups in total. The van der Waals surface area contributed by atoms with Crippen LogP contribution in [0.4, 0.5) is 0 Å². The van der Waals surface area contributed by atoms with E-state index in [-0.39, 0.29) is 24.3 Å². The summed E-state index contributed by atoms with van der Waals surface area (Å²) in [5, 5.41) is 3.17. The molecule has 1 heterocycles. The first-order chi connectivity index (χ1) is 4.78. The summed E-state index contributed by atoms with van der Waals surface area (Å²) < 4.78 is 4.64. The van der Waals surface area contributed by atoms with Gasteiger partial charge in [-0.15, -0.1) is 12.4 Å². The number of hydrogen-bond acceptors (Lipinski definition) is 3. The molecule has 2 rings (SSSR count). The molecule has 2 aliphatic rings. The van der Waals surface area contributed by atoms with E-state index < -0.39 is 0 Å². The van der Waals surface area contributed by atoms with Crippen LogP contribution in [0.2, 0.25) is 0 Å². The second-order valence-electron chi connectivity index (χ2n) is 3.25. The van der Waals surface area contributed by atoms with E-state index in [0.717, 1.165) is 19.5 Å². The Kier molecular flexibility index (Phi) is 2.12. The van der Waals surface area contributed by atoms with Gasteiger partial charge in [0.05, 0.1) is 13.0 Å². The van der Waals surface area contributed by atoms with Crippen molar-refractivity contribution in [1.29, 1.82) is 0 Å². The van der Waals surface area contributed by atoms with E-state index in [1.165, 1.54) is 7.11 Å². The van der Waals surface area contributed by atoms with E-state index in [2.05, 4.69) is 10.1 Å². The zero-order chi connectivity index (χ0) is 7.19. The quantitative estimate of drug-likeness (QED) is 0.582. The smallest absolute Gasteiger partial charge is 0.309 e. The molecule has 1 unspecified atom stereocenters. The maximum Gasteiger partial charge on any atom is 0.309 e. The van der Waals surface area contributed by atoms with Gasteiger partial charge in [0.15, 0.2) is 0 Å². The lowest BCUT2D eigenvalue weighted by Crippen LogP contribution is -2.46. The molecule has 0 aromatic carbocycles. The highest BCUT2D eigenvalue weighted by atomic mass is 35.5. The Bertz CT molecular complexity index is 179. The topological polar surface area (TPSA) is 38.3 Å². The van der Waals surface area contributed by atoms with Gasteiger partial charge in [0, 0.05) is 18.5 Å². The van der Waals surface area contributed by atoms with Crippen LogP contribution in [-0.2, 0) is 9.53 Å². The summed E-state index contributed by atoms with van der Waals surface area (Å²) in [6, 6.07) is 0. The van der Waals surface area contributed by atoms with Crippen molar-refractivity contribution in [3.05, 3.63) is 0 Å². The highest BCUT2D eigenvalue weighted by molar-refractivity contribution is 5.85. The number of nitrogens with one attached hydrogen (secondary N) is 1. The number of carbonyl (C=O) groups is 1. The highest BCUT2D eigenvalue weighted by Gasteiger charge is 2.62. The van der Waals surface area contributed by atoms with E-state index in [0.29, 0.717) is 5.41 Å². The Morgan fingerprint density at radius 1 is 1.64 bits per heavy atom. The van der Waals surface area contributed by atoms with Gasteiger partial charge < -0.3 is 10.1 Å². The van der Waals surface area contributed by atoms with Crippen LogP contribution >= 0.6 is 12.4 Å². The first-order valence-corrected chi connectivity index (χ1v) is 3.57. The second kappa shape index (κ2) is 2.64. The minimum atomic E-state index is -0.0264. The van der Waals surface area contributed by atoms with Gasteiger partial charge in [0.1, 0.15) is 0 Å². The number of halogens is 1. The summed E-state index contributed by atoms with van der Waals surface area (Å²) in [7, 11) is 1.46. The van der Waals surface area contributed by atoms with E-state index in [1.807, 2.05) is 0 Å². The average molecular weight is 178 g/mol. The lowest BCUT2D eigenvalue weighted by Gasteiger charge is -2.27. The number of ether oxygens (including phenoxy) is 1. The summed E-state index contributed by atoms with van der Waals surface area (Å²) in [6.45, 7) is 2.01. The third kappa shape index (κ3) is 1.12. The minimum Gasteiger partial charge on any atom is -0.469 e. The van der Waals surface area contributed by atoms with Crippen LogP contribution in [0.5, 0.6) is 0 Å². The maximum atomic E-state index is 10.9. The molecule has 0 radical (unpaired) electrons. The van der Waals surface area contributed by atoms with E-state index >= 15 is 0 Å². The van der Waals surface area contributed by atoms with Gasteiger partial charge in [0.25, 0.3) is 0 Å². The first-order valence-electron chi connectivity index (χ1n) is 3.57. The average Bonchev–Trinajstić information content (AvgIpc) is 2.59. The molecule has 0 bridgehead atoms. The van der Waals surface area contributed by atoms with Crippen LogP contribution in [0.1, 0.15) is 6.42 Å². The number of rotatable bonds is 1. The molecule has 1 saturated heterocycles. The van der Waals surface area contributed by atoms with Crippen LogP contribution in [0.3, 0.4) is 0 Å². The van der Waals surface area contributed by atoms with Crippen LogP contribution in [0, 0.1) is 11.3 Å². The van der Waals surface area contributed by atoms with Crippen molar-refractivity contribution < 1.29 is 9.53 Å². The molecule has 1 aliphatic carbocycles. The Balaban J connectivity index is 0.000000605. The second-order valence-corrected chi connectivity index (χ2v) is 3.25. The summed E-state index contributed by atoms with van der Waals surface area (Å²) in [5.74, 6) is 0.181. The summed E-state index contributed by atoms with van der Waals surface area (Å²) in [5.41, 5.74) is 0.326. The number of esters is 1. The molecule has 3 nitrogen and oxygen atoms in total. The fourth-order valence-electron chi connectivity index (χ4n) is 1.66. The first kappa shape index (κ1) is 8.81. The van der Waals surface area contributed by atoms with Crippen molar-refractivity contribution in [3.8, 4) is 0 Å². The molecule has 11 heavy (non-hydrogen) atoms. The van der Waals surface area contributed by atoms with E-state index in [9.17, 15) is 4.79 Å². The van der Waals surface area contributed by atoms with Crippen molar-refractivity contribution in [3.63, 3.8) is 0 Å². The lowest BCUT2D eigenvalue weighted by atomic mass is 9.97. The molecule has 0 amide bonds. The van der Waals surface area contributed by atoms with Crippen molar-refractivity contribution >= 4 is 18.4 Å². The van der Waals surface area contributed by atoms with Gasteiger partial charge in [-0.3, -0.25) is 4.79 Å². The molecule has 4 heteroatoms. The van der Waals surface area contributed by atoms with Gasteiger partial charge >= 0.3 is 5.97 Å². The van der Waals surface area contributed by atoms with Crippen LogP contribution in [0.25, 0.3) is 0 Å². The molecule has 2 fully saturated rings. The van der Waals surface area contributed by atoms with Gasteiger partial charge in [-0.25, -0.2) is 0 Å². The maximum absolute atomic E-state index is 10.9. The lowest BCUT2D eigenvalue weighted by molar-refractivity contribution is -0.143. The zero-order valence-corrected chi connectivity index (χ0v) is 7.24.